The lowest BCUT2D eigenvalue weighted by molar-refractivity contribution is -0.108. The second-order valence-electron chi connectivity index (χ2n) is 6.60. The molecule has 30 heavy (non-hydrogen) atoms. The Kier molecular flexibility index (Phi) is 7.02. The van der Waals surface area contributed by atoms with Crippen LogP contribution in [0.2, 0.25) is 10.0 Å². The molecule has 1 heterocycles. The Balaban J connectivity index is 1.87. The van der Waals surface area contributed by atoms with Crippen molar-refractivity contribution in [2.75, 3.05) is 20.7 Å². The van der Waals surface area contributed by atoms with Crippen molar-refractivity contribution in [1.82, 2.24) is 25.1 Å². The molecule has 156 valence electrons. The van der Waals surface area contributed by atoms with E-state index in [0.717, 1.165) is 11.8 Å². The molecule has 3 aromatic rings. The molecule has 2 aromatic carbocycles. The van der Waals surface area contributed by atoms with Crippen molar-refractivity contribution >= 4 is 35.4 Å². The molecular formula is C20H19Cl2N5O3. The molecule has 0 N–H and O–H groups in total. The van der Waals surface area contributed by atoms with Crippen LogP contribution in [-0.2, 0) is 4.79 Å². The number of nitrogens with zero attached hydrogens (tertiary/aromatic N) is 5. The number of methoxy groups -OCH3 is 1. The molecule has 0 aliphatic heterocycles. The van der Waals surface area contributed by atoms with E-state index in [1.807, 2.05) is 0 Å². The topological polar surface area (TPSA) is 90.2 Å². The summed E-state index contributed by atoms with van der Waals surface area (Å²) in [6.45, 7) is 0.299. The van der Waals surface area contributed by atoms with Gasteiger partial charge in [-0.25, -0.2) is 4.68 Å². The van der Waals surface area contributed by atoms with Crippen LogP contribution in [0.15, 0.2) is 42.7 Å². The monoisotopic (exact) mass is 447 g/mol. The summed E-state index contributed by atoms with van der Waals surface area (Å²) in [5.41, 5.74) is 1.80. The predicted molar refractivity (Wildman–Crippen MR) is 113 cm³/mol. The zero-order valence-electron chi connectivity index (χ0n) is 16.3. The van der Waals surface area contributed by atoms with E-state index in [9.17, 15) is 9.59 Å². The highest BCUT2D eigenvalue weighted by molar-refractivity contribution is 6.42. The summed E-state index contributed by atoms with van der Waals surface area (Å²) in [6, 6.07) is 10.3. The number of carbonyl (C=O) groups is 2. The number of carbonyl (C=O) groups excluding carboxylic acids is 2. The summed E-state index contributed by atoms with van der Waals surface area (Å²) < 4.78 is 6.80. The van der Waals surface area contributed by atoms with Crippen LogP contribution in [0.1, 0.15) is 28.3 Å². The van der Waals surface area contributed by atoms with E-state index in [1.54, 1.807) is 43.4 Å². The quantitative estimate of drug-likeness (QED) is 0.491. The van der Waals surface area contributed by atoms with Gasteiger partial charge in [0.05, 0.1) is 28.4 Å². The summed E-state index contributed by atoms with van der Waals surface area (Å²) in [5.74, 6) is -0.0807. The summed E-state index contributed by atoms with van der Waals surface area (Å²) in [4.78, 5) is 26.0. The minimum atomic E-state index is -0.266. The number of tetrazole rings is 1. The first kappa shape index (κ1) is 21.7. The van der Waals surface area contributed by atoms with Crippen molar-refractivity contribution in [3.05, 3.63) is 63.9 Å². The first-order valence-electron chi connectivity index (χ1n) is 9.00. The van der Waals surface area contributed by atoms with Crippen LogP contribution in [-0.4, -0.2) is 58.0 Å². The average molecular weight is 448 g/mol. The molecule has 1 aromatic heterocycles. The van der Waals surface area contributed by atoms with Gasteiger partial charge >= 0.3 is 0 Å². The summed E-state index contributed by atoms with van der Waals surface area (Å²) in [7, 11) is 3.16. The molecule has 1 amide bonds. The Morgan fingerprint density at radius 1 is 1.23 bits per heavy atom. The molecule has 0 aliphatic carbocycles. The number of aromatic nitrogens is 4. The van der Waals surface area contributed by atoms with Crippen molar-refractivity contribution < 1.29 is 14.3 Å². The van der Waals surface area contributed by atoms with Crippen LogP contribution in [0.25, 0.3) is 5.69 Å². The fourth-order valence-electron chi connectivity index (χ4n) is 3.10. The maximum absolute atomic E-state index is 13.2. The number of rotatable bonds is 8. The number of aldehydes is 1. The number of amides is 1. The molecule has 0 aliphatic rings. The summed E-state index contributed by atoms with van der Waals surface area (Å²) in [5, 5.41) is 11.9. The van der Waals surface area contributed by atoms with Gasteiger partial charge in [0.25, 0.3) is 5.91 Å². The Morgan fingerprint density at radius 2 is 2.03 bits per heavy atom. The average Bonchev–Trinajstić information content (AvgIpc) is 3.29. The molecule has 0 saturated heterocycles. The van der Waals surface area contributed by atoms with E-state index < -0.39 is 0 Å². The lowest BCUT2D eigenvalue weighted by Gasteiger charge is -2.24. The van der Waals surface area contributed by atoms with Crippen molar-refractivity contribution in [3.8, 4) is 11.4 Å². The van der Waals surface area contributed by atoms with Gasteiger partial charge in [-0.2, -0.15) is 0 Å². The highest BCUT2D eigenvalue weighted by Crippen LogP contribution is 2.29. The highest BCUT2D eigenvalue weighted by Gasteiger charge is 2.22. The third kappa shape index (κ3) is 4.77. The first-order chi connectivity index (χ1) is 14.4. The minimum Gasteiger partial charge on any atom is -0.496 e. The third-order valence-electron chi connectivity index (χ3n) is 4.66. The fourth-order valence-corrected chi connectivity index (χ4v) is 3.41. The second-order valence-corrected chi connectivity index (χ2v) is 7.41. The van der Waals surface area contributed by atoms with Gasteiger partial charge in [0.15, 0.2) is 0 Å². The van der Waals surface area contributed by atoms with Crippen LogP contribution >= 0.6 is 23.2 Å². The molecule has 0 saturated carbocycles. The van der Waals surface area contributed by atoms with Crippen LogP contribution in [0, 0.1) is 0 Å². The van der Waals surface area contributed by atoms with Gasteiger partial charge in [-0.3, -0.25) is 4.79 Å². The molecule has 0 spiro atoms. The molecule has 8 nitrogen and oxygen atoms in total. The van der Waals surface area contributed by atoms with E-state index in [4.69, 9.17) is 27.9 Å². The number of benzene rings is 2. The Bertz CT molecular complexity index is 1040. The molecule has 10 heteroatoms. The van der Waals surface area contributed by atoms with Crippen molar-refractivity contribution in [2.45, 2.75) is 12.3 Å². The van der Waals surface area contributed by atoms with E-state index in [2.05, 4.69) is 15.5 Å². The molecule has 0 fully saturated rings. The molecule has 1 unspecified atom stereocenters. The summed E-state index contributed by atoms with van der Waals surface area (Å²) >= 11 is 12.1. The van der Waals surface area contributed by atoms with Gasteiger partial charge in [-0.15, -0.1) is 5.10 Å². The Morgan fingerprint density at radius 3 is 2.67 bits per heavy atom. The maximum atomic E-state index is 13.2. The van der Waals surface area contributed by atoms with E-state index >= 15 is 0 Å². The molecule has 1 atom stereocenters. The minimum absolute atomic E-state index is 0.234. The number of halogens is 2. The smallest absolute Gasteiger partial charge is 0.257 e. The van der Waals surface area contributed by atoms with Gasteiger partial charge in [0, 0.05) is 25.9 Å². The lowest BCUT2D eigenvalue weighted by Crippen LogP contribution is -2.31. The first-order valence-corrected chi connectivity index (χ1v) is 9.75. The van der Waals surface area contributed by atoms with E-state index in [0.29, 0.717) is 33.6 Å². The second kappa shape index (κ2) is 9.69. The largest absolute Gasteiger partial charge is 0.496 e. The normalized spacial score (nSPS) is 11.7. The van der Waals surface area contributed by atoms with Crippen LogP contribution in [0.5, 0.6) is 5.75 Å². The zero-order chi connectivity index (χ0) is 21.7. The van der Waals surface area contributed by atoms with Gasteiger partial charge in [0.2, 0.25) is 0 Å². The number of hydrogen-bond donors (Lipinski definition) is 0. The van der Waals surface area contributed by atoms with Gasteiger partial charge < -0.3 is 14.4 Å². The summed E-state index contributed by atoms with van der Waals surface area (Å²) in [6.07, 6.45) is 2.49. The van der Waals surface area contributed by atoms with Gasteiger partial charge in [0.1, 0.15) is 18.4 Å². The van der Waals surface area contributed by atoms with Crippen LogP contribution < -0.4 is 4.74 Å². The molecule has 0 bridgehead atoms. The zero-order valence-corrected chi connectivity index (χ0v) is 17.8. The third-order valence-corrected chi connectivity index (χ3v) is 5.40. The lowest BCUT2D eigenvalue weighted by atomic mass is 9.95. The van der Waals surface area contributed by atoms with Gasteiger partial charge in [-0.05, 0) is 46.3 Å². The maximum Gasteiger partial charge on any atom is 0.257 e. The van der Waals surface area contributed by atoms with E-state index in [-0.39, 0.29) is 18.2 Å². The van der Waals surface area contributed by atoms with Crippen LogP contribution in [0.4, 0.5) is 0 Å². The Labute approximate surface area is 183 Å². The molecule has 3 rings (SSSR count). The molecule has 0 radical (unpaired) electrons. The number of hydrogen-bond acceptors (Lipinski definition) is 6. The van der Waals surface area contributed by atoms with Crippen molar-refractivity contribution in [1.29, 1.82) is 0 Å². The standard InChI is InChI=1S/C20H19Cl2N5O3/c1-26(11-14(7-8-28)13-3-5-17(21)18(22)9-13)20(29)16-10-15(4-6-19(16)30-2)27-12-23-24-25-27/h3-6,8-10,12,14H,7,11H2,1-2H3. The Hall–Kier alpha value is -2.97. The van der Waals surface area contributed by atoms with Gasteiger partial charge in [-0.1, -0.05) is 29.3 Å². The highest BCUT2D eigenvalue weighted by atomic mass is 35.5. The number of likely N-dealkylation sites (N-methyl/N-ethyl adjacent to an activating group) is 1. The predicted octanol–water partition coefficient (Wildman–Crippen LogP) is 3.42. The van der Waals surface area contributed by atoms with Crippen molar-refractivity contribution in [2.24, 2.45) is 0 Å². The number of ether oxygens (including phenoxy) is 1. The van der Waals surface area contributed by atoms with E-state index in [1.165, 1.54) is 23.0 Å². The van der Waals surface area contributed by atoms with Crippen LogP contribution in [0.3, 0.4) is 0 Å². The fraction of sp³-hybridized carbons (Fsp3) is 0.250. The SMILES string of the molecule is COc1ccc(-n2cnnn2)cc1C(=O)N(C)CC(CC=O)c1ccc(Cl)c(Cl)c1. The molecular weight excluding hydrogens is 429 g/mol. The van der Waals surface area contributed by atoms with Crippen molar-refractivity contribution in [3.63, 3.8) is 0 Å².